The van der Waals surface area contributed by atoms with Gasteiger partial charge in [-0.15, -0.1) is 0 Å². The third kappa shape index (κ3) is 3.69. The van der Waals surface area contributed by atoms with Crippen LogP contribution in [0.2, 0.25) is 0 Å². The van der Waals surface area contributed by atoms with Crippen molar-refractivity contribution in [3.63, 3.8) is 0 Å². The molecule has 1 aliphatic heterocycles. The van der Waals surface area contributed by atoms with Crippen LogP contribution >= 0.6 is 0 Å². The summed E-state index contributed by atoms with van der Waals surface area (Å²) in [5.41, 5.74) is 1.29. The molecular formula is C15H24N2O2. The van der Waals surface area contributed by atoms with Crippen molar-refractivity contribution in [3.8, 4) is 5.75 Å². The first kappa shape index (κ1) is 14.3. The number of benzene rings is 1. The van der Waals surface area contributed by atoms with Crippen molar-refractivity contribution in [1.29, 1.82) is 0 Å². The predicted molar refractivity (Wildman–Crippen MR) is 76.6 cm³/mol. The fourth-order valence-electron chi connectivity index (χ4n) is 2.47. The molecule has 0 aliphatic carbocycles. The van der Waals surface area contributed by atoms with Crippen LogP contribution < -0.4 is 10.1 Å². The molecule has 0 amide bonds. The van der Waals surface area contributed by atoms with Crippen molar-refractivity contribution in [2.24, 2.45) is 0 Å². The van der Waals surface area contributed by atoms with Crippen molar-refractivity contribution in [3.05, 3.63) is 29.8 Å². The van der Waals surface area contributed by atoms with E-state index in [1.807, 2.05) is 19.2 Å². The Balaban J connectivity index is 2.01. The van der Waals surface area contributed by atoms with Crippen molar-refractivity contribution in [1.82, 2.24) is 10.2 Å². The van der Waals surface area contributed by atoms with Crippen LogP contribution in [0.4, 0.5) is 0 Å². The van der Waals surface area contributed by atoms with E-state index in [1.54, 1.807) is 7.11 Å². The average Bonchev–Trinajstić information content (AvgIpc) is 2.47. The fraction of sp³-hybridized carbons (Fsp3) is 0.600. The molecule has 2 rings (SSSR count). The number of likely N-dealkylation sites (N-methyl/N-ethyl adjacent to an activating group) is 1. The first-order valence-corrected chi connectivity index (χ1v) is 6.87. The molecule has 1 fully saturated rings. The van der Waals surface area contributed by atoms with Gasteiger partial charge in [-0.05, 0) is 31.7 Å². The van der Waals surface area contributed by atoms with E-state index in [0.29, 0.717) is 12.1 Å². The highest BCUT2D eigenvalue weighted by atomic mass is 16.5. The Hall–Kier alpha value is -1.10. The topological polar surface area (TPSA) is 33.7 Å². The van der Waals surface area contributed by atoms with Crippen molar-refractivity contribution < 1.29 is 9.47 Å². The van der Waals surface area contributed by atoms with Crippen LogP contribution in [0.5, 0.6) is 5.75 Å². The normalized spacial score (nSPS) is 22.2. The average molecular weight is 264 g/mol. The summed E-state index contributed by atoms with van der Waals surface area (Å²) in [4.78, 5) is 2.48. The van der Waals surface area contributed by atoms with Gasteiger partial charge < -0.3 is 14.8 Å². The summed E-state index contributed by atoms with van der Waals surface area (Å²) in [5, 5.41) is 3.40. The summed E-state index contributed by atoms with van der Waals surface area (Å²) in [6, 6.07) is 9.12. The Bertz CT molecular complexity index is 380. The lowest BCUT2D eigenvalue weighted by molar-refractivity contribution is -0.00416. The molecule has 1 heterocycles. The quantitative estimate of drug-likeness (QED) is 0.877. The zero-order valence-corrected chi connectivity index (χ0v) is 12.1. The minimum Gasteiger partial charge on any atom is -0.497 e. The molecule has 1 saturated heterocycles. The maximum absolute atomic E-state index is 5.48. The van der Waals surface area contributed by atoms with Gasteiger partial charge in [0.2, 0.25) is 0 Å². The third-order valence-electron chi connectivity index (χ3n) is 3.79. The van der Waals surface area contributed by atoms with E-state index < -0.39 is 0 Å². The second-order valence-electron chi connectivity index (χ2n) is 5.03. The summed E-state index contributed by atoms with van der Waals surface area (Å²) in [6.45, 7) is 5.91. The molecule has 4 nitrogen and oxygen atoms in total. The molecule has 0 radical (unpaired) electrons. The molecule has 1 aromatic rings. The molecule has 0 saturated carbocycles. The second-order valence-corrected chi connectivity index (χ2v) is 5.03. The molecule has 2 atom stereocenters. The van der Waals surface area contributed by atoms with Gasteiger partial charge in [0.15, 0.2) is 0 Å². The van der Waals surface area contributed by atoms with Gasteiger partial charge in [0.25, 0.3) is 0 Å². The predicted octanol–water partition coefficient (Wildman–Crippen LogP) is 1.68. The van der Waals surface area contributed by atoms with Gasteiger partial charge >= 0.3 is 0 Å². The number of methoxy groups -OCH3 is 1. The van der Waals surface area contributed by atoms with Crippen LogP contribution in [0.15, 0.2) is 24.3 Å². The lowest BCUT2D eigenvalue weighted by atomic mass is 10.1. The zero-order chi connectivity index (χ0) is 13.7. The summed E-state index contributed by atoms with van der Waals surface area (Å²) in [5.74, 6) is 0.901. The van der Waals surface area contributed by atoms with Gasteiger partial charge in [0, 0.05) is 25.2 Å². The lowest BCUT2D eigenvalue weighted by Crippen LogP contribution is -2.46. The van der Waals surface area contributed by atoms with Crippen LogP contribution in [0.1, 0.15) is 18.5 Å². The number of morpholine rings is 1. The van der Waals surface area contributed by atoms with E-state index in [9.17, 15) is 0 Å². The van der Waals surface area contributed by atoms with Gasteiger partial charge in [0.1, 0.15) is 5.75 Å². The Kier molecular flexibility index (Phi) is 5.19. The van der Waals surface area contributed by atoms with Crippen molar-refractivity contribution in [2.75, 3.05) is 40.5 Å². The molecular weight excluding hydrogens is 240 g/mol. The van der Waals surface area contributed by atoms with Crippen LogP contribution in [-0.2, 0) is 4.74 Å². The highest BCUT2D eigenvalue weighted by Gasteiger charge is 2.22. The monoisotopic (exact) mass is 264 g/mol. The third-order valence-corrected chi connectivity index (χ3v) is 3.79. The van der Waals surface area contributed by atoms with E-state index in [2.05, 4.69) is 29.3 Å². The highest BCUT2D eigenvalue weighted by molar-refractivity contribution is 5.29. The van der Waals surface area contributed by atoms with Gasteiger partial charge in [-0.2, -0.15) is 0 Å². The van der Waals surface area contributed by atoms with Crippen molar-refractivity contribution >= 4 is 0 Å². The van der Waals surface area contributed by atoms with Crippen LogP contribution in [-0.4, -0.2) is 51.4 Å². The SMILES string of the molecule is CNC(CN1CCOCC1C)c1ccc(OC)cc1. The number of hydrogen-bond acceptors (Lipinski definition) is 4. The molecule has 2 unspecified atom stereocenters. The summed E-state index contributed by atoms with van der Waals surface area (Å²) >= 11 is 0. The maximum atomic E-state index is 5.48. The molecule has 1 N–H and O–H groups in total. The van der Waals surface area contributed by atoms with Crippen molar-refractivity contribution in [2.45, 2.75) is 19.0 Å². The van der Waals surface area contributed by atoms with E-state index >= 15 is 0 Å². The first-order valence-electron chi connectivity index (χ1n) is 6.87. The number of nitrogens with one attached hydrogen (secondary N) is 1. The van der Waals surface area contributed by atoms with Gasteiger partial charge in [-0.25, -0.2) is 0 Å². The standard InChI is InChI=1S/C15H24N2O2/c1-12-11-19-9-8-17(12)10-15(16-2)13-4-6-14(18-3)7-5-13/h4-7,12,15-16H,8-11H2,1-3H3. The van der Waals surface area contributed by atoms with E-state index in [4.69, 9.17) is 9.47 Å². The second kappa shape index (κ2) is 6.89. The molecule has 0 aromatic heterocycles. The Morgan fingerprint density at radius 1 is 1.42 bits per heavy atom. The largest absolute Gasteiger partial charge is 0.497 e. The molecule has 106 valence electrons. The maximum Gasteiger partial charge on any atom is 0.118 e. The molecule has 19 heavy (non-hydrogen) atoms. The summed E-state index contributed by atoms with van der Waals surface area (Å²) in [6.07, 6.45) is 0. The van der Waals surface area contributed by atoms with Gasteiger partial charge in [0.05, 0.1) is 20.3 Å². The minimum absolute atomic E-state index is 0.339. The Labute approximate surface area is 115 Å². The Morgan fingerprint density at radius 2 is 2.16 bits per heavy atom. The van der Waals surface area contributed by atoms with E-state index in [-0.39, 0.29) is 0 Å². The minimum atomic E-state index is 0.339. The first-order chi connectivity index (χ1) is 9.24. The summed E-state index contributed by atoms with van der Waals surface area (Å²) in [7, 11) is 3.71. The number of nitrogens with zero attached hydrogens (tertiary/aromatic N) is 1. The number of rotatable bonds is 5. The smallest absolute Gasteiger partial charge is 0.118 e. The van der Waals surface area contributed by atoms with Gasteiger partial charge in [-0.1, -0.05) is 12.1 Å². The lowest BCUT2D eigenvalue weighted by Gasteiger charge is -2.35. The van der Waals surface area contributed by atoms with Crippen LogP contribution in [0.25, 0.3) is 0 Å². The zero-order valence-electron chi connectivity index (χ0n) is 12.1. The molecule has 0 bridgehead atoms. The Morgan fingerprint density at radius 3 is 2.74 bits per heavy atom. The molecule has 0 spiro atoms. The molecule has 1 aromatic carbocycles. The number of ether oxygens (including phenoxy) is 2. The summed E-state index contributed by atoms with van der Waals surface area (Å²) < 4.78 is 10.7. The molecule has 4 heteroatoms. The van der Waals surface area contributed by atoms with E-state index in [1.165, 1.54) is 5.56 Å². The molecule has 1 aliphatic rings. The van der Waals surface area contributed by atoms with Gasteiger partial charge in [-0.3, -0.25) is 4.90 Å². The van der Waals surface area contributed by atoms with Crippen LogP contribution in [0.3, 0.4) is 0 Å². The van der Waals surface area contributed by atoms with E-state index in [0.717, 1.165) is 32.1 Å². The fourth-order valence-corrected chi connectivity index (χ4v) is 2.47. The number of hydrogen-bond donors (Lipinski definition) is 1. The van der Waals surface area contributed by atoms with Crippen LogP contribution in [0, 0.1) is 0 Å². The highest BCUT2D eigenvalue weighted by Crippen LogP contribution is 2.20.